The number of alkyl halides is 2. The molecule has 0 amide bonds. The lowest BCUT2D eigenvalue weighted by Gasteiger charge is -2.16. The number of rotatable bonds is 4. The number of aromatic amines is 1. The number of ether oxygens (including phenoxy) is 1. The van der Waals surface area contributed by atoms with Crippen molar-refractivity contribution in [1.82, 2.24) is 14.5 Å². The molecule has 2 heterocycles. The van der Waals surface area contributed by atoms with Crippen LogP contribution in [0.5, 0.6) is 5.75 Å². The fraction of sp³-hybridized carbons (Fsp3) is 0.278. The van der Waals surface area contributed by atoms with E-state index in [4.69, 9.17) is 17.0 Å². The molecule has 0 unspecified atom stereocenters. The van der Waals surface area contributed by atoms with Crippen molar-refractivity contribution in [2.45, 2.75) is 25.2 Å². The molecule has 1 fully saturated rings. The predicted molar refractivity (Wildman–Crippen MR) is 96.0 cm³/mol. The van der Waals surface area contributed by atoms with Gasteiger partial charge in [0, 0.05) is 17.2 Å². The Kier molecular flexibility index (Phi) is 4.07. The molecule has 5 nitrogen and oxygen atoms in total. The van der Waals surface area contributed by atoms with Gasteiger partial charge in [-0.3, -0.25) is 14.3 Å². The standard InChI is InChI=1S/C18H15F2N3O2S/c1-25-13-5-3-2-4-12(13)23-16-14(17(24)22-18(23)26)10(15(19)20)8-11(21-16)9-6-7-9/h2-5,8-9,15H,6-7H2,1H3,(H,22,24,26). The molecular formula is C18H15F2N3O2S. The lowest BCUT2D eigenvalue weighted by atomic mass is 10.1. The first-order valence-electron chi connectivity index (χ1n) is 8.12. The molecule has 1 N–H and O–H groups in total. The summed E-state index contributed by atoms with van der Waals surface area (Å²) >= 11 is 5.31. The molecule has 0 bridgehead atoms. The number of nitrogens with zero attached hydrogens (tertiary/aromatic N) is 2. The summed E-state index contributed by atoms with van der Waals surface area (Å²) in [7, 11) is 1.50. The van der Waals surface area contributed by atoms with E-state index >= 15 is 0 Å². The van der Waals surface area contributed by atoms with E-state index in [0.29, 0.717) is 17.1 Å². The van der Waals surface area contributed by atoms with Gasteiger partial charge in [-0.05, 0) is 43.3 Å². The number of H-pyrrole nitrogens is 1. The summed E-state index contributed by atoms with van der Waals surface area (Å²) in [6, 6.07) is 8.37. The summed E-state index contributed by atoms with van der Waals surface area (Å²) in [4.78, 5) is 19.4. The molecule has 2 aromatic heterocycles. The lowest BCUT2D eigenvalue weighted by Crippen LogP contribution is -2.17. The van der Waals surface area contributed by atoms with Crippen molar-refractivity contribution in [3.63, 3.8) is 0 Å². The number of hydrogen-bond acceptors (Lipinski definition) is 4. The summed E-state index contributed by atoms with van der Waals surface area (Å²) in [5.41, 5.74) is 0.236. The van der Waals surface area contributed by atoms with Crippen LogP contribution in [0.2, 0.25) is 0 Å². The zero-order chi connectivity index (χ0) is 18.4. The van der Waals surface area contributed by atoms with Crippen molar-refractivity contribution in [2.24, 2.45) is 0 Å². The number of methoxy groups -OCH3 is 1. The molecule has 1 aliphatic rings. The normalized spacial score (nSPS) is 14.2. The van der Waals surface area contributed by atoms with E-state index in [1.165, 1.54) is 17.7 Å². The maximum absolute atomic E-state index is 13.7. The molecule has 0 aliphatic heterocycles. The van der Waals surface area contributed by atoms with Gasteiger partial charge in [0.05, 0.1) is 18.2 Å². The maximum atomic E-state index is 13.7. The van der Waals surface area contributed by atoms with Crippen LogP contribution in [-0.2, 0) is 0 Å². The average molecular weight is 375 g/mol. The van der Waals surface area contributed by atoms with Gasteiger partial charge in [0.2, 0.25) is 0 Å². The highest BCUT2D eigenvalue weighted by Crippen LogP contribution is 2.41. The number of pyridine rings is 1. The summed E-state index contributed by atoms with van der Waals surface area (Å²) in [6.45, 7) is 0. The Balaban J connectivity index is 2.17. The Hall–Kier alpha value is -2.61. The molecule has 1 saturated carbocycles. The minimum absolute atomic E-state index is 0.0765. The van der Waals surface area contributed by atoms with Gasteiger partial charge in [-0.2, -0.15) is 0 Å². The number of benzene rings is 1. The van der Waals surface area contributed by atoms with Gasteiger partial charge in [-0.15, -0.1) is 0 Å². The van der Waals surface area contributed by atoms with E-state index in [-0.39, 0.29) is 27.3 Å². The molecule has 0 saturated heterocycles. The third-order valence-electron chi connectivity index (χ3n) is 4.47. The van der Waals surface area contributed by atoms with Gasteiger partial charge < -0.3 is 4.74 Å². The topological polar surface area (TPSA) is 59.9 Å². The Morgan fingerprint density at radius 2 is 2.08 bits per heavy atom. The van der Waals surface area contributed by atoms with Crippen LogP contribution in [0.3, 0.4) is 0 Å². The van der Waals surface area contributed by atoms with Crippen LogP contribution in [0.15, 0.2) is 35.1 Å². The molecule has 1 aliphatic carbocycles. The Bertz CT molecular complexity index is 1120. The molecule has 8 heteroatoms. The highest BCUT2D eigenvalue weighted by Gasteiger charge is 2.29. The second-order valence-corrected chi connectivity index (χ2v) is 6.56. The van der Waals surface area contributed by atoms with Crippen molar-refractivity contribution in [3.8, 4) is 11.4 Å². The second kappa shape index (κ2) is 6.28. The largest absolute Gasteiger partial charge is 0.495 e. The van der Waals surface area contributed by atoms with E-state index in [1.807, 2.05) is 0 Å². The number of hydrogen-bond donors (Lipinski definition) is 1. The van der Waals surface area contributed by atoms with Crippen LogP contribution >= 0.6 is 12.2 Å². The number of para-hydroxylation sites is 2. The fourth-order valence-electron chi connectivity index (χ4n) is 3.08. The Morgan fingerprint density at radius 3 is 2.73 bits per heavy atom. The van der Waals surface area contributed by atoms with E-state index < -0.39 is 12.0 Å². The first kappa shape index (κ1) is 16.8. The van der Waals surface area contributed by atoms with E-state index in [0.717, 1.165) is 12.8 Å². The van der Waals surface area contributed by atoms with Crippen molar-refractivity contribution in [1.29, 1.82) is 0 Å². The first-order valence-corrected chi connectivity index (χ1v) is 8.53. The van der Waals surface area contributed by atoms with E-state index in [9.17, 15) is 13.6 Å². The van der Waals surface area contributed by atoms with Crippen molar-refractivity contribution in [3.05, 3.63) is 56.7 Å². The fourth-order valence-corrected chi connectivity index (χ4v) is 3.35. The average Bonchev–Trinajstić information content (AvgIpc) is 3.46. The lowest BCUT2D eigenvalue weighted by molar-refractivity contribution is 0.153. The maximum Gasteiger partial charge on any atom is 0.264 e. The molecule has 1 aromatic carbocycles. The van der Waals surface area contributed by atoms with Gasteiger partial charge in [-0.1, -0.05) is 12.1 Å². The van der Waals surface area contributed by atoms with Crippen molar-refractivity contribution in [2.75, 3.05) is 7.11 Å². The molecular weight excluding hydrogens is 360 g/mol. The summed E-state index contributed by atoms with van der Waals surface area (Å²) in [5.74, 6) is 0.644. The number of halogens is 2. The minimum atomic E-state index is -2.79. The molecule has 0 radical (unpaired) electrons. The zero-order valence-electron chi connectivity index (χ0n) is 13.8. The number of nitrogens with one attached hydrogen (secondary N) is 1. The van der Waals surface area contributed by atoms with Gasteiger partial charge in [0.25, 0.3) is 12.0 Å². The molecule has 0 atom stereocenters. The van der Waals surface area contributed by atoms with Gasteiger partial charge >= 0.3 is 0 Å². The molecule has 0 spiro atoms. The highest BCUT2D eigenvalue weighted by molar-refractivity contribution is 7.71. The summed E-state index contributed by atoms with van der Waals surface area (Å²) in [6.07, 6.45) is -0.985. The SMILES string of the molecule is COc1ccccc1-n1c(=S)[nH]c(=O)c2c(C(F)F)cc(C3CC3)nc21. The monoisotopic (exact) mass is 375 g/mol. The third kappa shape index (κ3) is 2.70. The smallest absolute Gasteiger partial charge is 0.264 e. The minimum Gasteiger partial charge on any atom is -0.495 e. The molecule has 134 valence electrons. The number of aromatic nitrogens is 3. The van der Waals surface area contributed by atoms with Crippen LogP contribution in [0.25, 0.3) is 16.7 Å². The van der Waals surface area contributed by atoms with Gasteiger partial charge in [-0.25, -0.2) is 13.8 Å². The van der Waals surface area contributed by atoms with E-state index in [2.05, 4.69) is 9.97 Å². The summed E-state index contributed by atoms with van der Waals surface area (Å²) in [5, 5.41) is -0.149. The van der Waals surface area contributed by atoms with Crippen molar-refractivity contribution >= 4 is 23.3 Å². The molecule has 3 aromatic rings. The number of fused-ring (bicyclic) bond motifs is 1. The van der Waals surface area contributed by atoms with Crippen LogP contribution in [-0.4, -0.2) is 21.6 Å². The van der Waals surface area contributed by atoms with Crippen LogP contribution in [0.1, 0.15) is 36.4 Å². The van der Waals surface area contributed by atoms with Crippen LogP contribution < -0.4 is 10.3 Å². The Morgan fingerprint density at radius 1 is 1.35 bits per heavy atom. The summed E-state index contributed by atoms with van der Waals surface area (Å²) < 4.78 is 34.3. The van der Waals surface area contributed by atoms with Gasteiger partial charge in [0.1, 0.15) is 5.75 Å². The second-order valence-electron chi connectivity index (χ2n) is 6.18. The third-order valence-corrected chi connectivity index (χ3v) is 4.75. The Labute approximate surface area is 152 Å². The van der Waals surface area contributed by atoms with E-state index in [1.54, 1.807) is 24.3 Å². The van der Waals surface area contributed by atoms with Crippen LogP contribution in [0, 0.1) is 4.77 Å². The van der Waals surface area contributed by atoms with Gasteiger partial charge in [0.15, 0.2) is 10.4 Å². The molecule has 26 heavy (non-hydrogen) atoms. The highest BCUT2D eigenvalue weighted by atomic mass is 32.1. The zero-order valence-corrected chi connectivity index (χ0v) is 14.6. The predicted octanol–water partition coefficient (Wildman–Crippen LogP) is 4.27. The first-order chi connectivity index (χ1) is 12.5. The van der Waals surface area contributed by atoms with Crippen LogP contribution in [0.4, 0.5) is 8.78 Å². The molecule has 4 rings (SSSR count). The van der Waals surface area contributed by atoms with Crippen molar-refractivity contribution < 1.29 is 13.5 Å². The quantitative estimate of drug-likeness (QED) is 0.692.